The zero-order valence-electron chi connectivity index (χ0n) is 12.5. The fraction of sp³-hybridized carbons (Fsp3) is 0.600. The van der Waals surface area contributed by atoms with Crippen molar-refractivity contribution in [1.29, 1.82) is 5.41 Å². The monoisotopic (exact) mass is 262 g/mol. The smallest absolute Gasteiger partial charge is 0.141 e. The largest absolute Gasteiger partial charge is 0.382 e. The normalized spacial score (nSPS) is 11.5. The van der Waals surface area contributed by atoms with Gasteiger partial charge in [-0.3, -0.25) is 15.3 Å². The summed E-state index contributed by atoms with van der Waals surface area (Å²) in [6.45, 7) is 12.0. The van der Waals surface area contributed by atoms with Gasteiger partial charge in [0.05, 0.1) is 0 Å². The number of amidine groups is 1. The first-order valence-corrected chi connectivity index (χ1v) is 6.90. The Balaban J connectivity index is 2.77. The fourth-order valence-corrected chi connectivity index (χ4v) is 2.21. The van der Waals surface area contributed by atoms with E-state index in [1.54, 1.807) is 6.20 Å². The molecule has 0 aliphatic carbocycles. The van der Waals surface area contributed by atoms with Gasteiger partial charge in [-0.05, 0) is 29.5 Å². The minimum atomic E-state index is 0.0288. The Morgan fingerprint density at radius 3 is 2.32 bits per heavy atom. The van der Waals surface area contributed by atoms with Crippen LogP contribution in [0.15, 0.2) is 18.3 Å². The maximum Gasteiger partial charge on any atom is 0.141 e. The second-order valence-corrected chi connectivity index (χ2v) is 5.94. The van der Waals surface area contributed by atoms with Gasteiger partial charge in [-0.2, -0.15) is 0 Å². The first-order valence-electron chi connectivity index (χ1n) is 6.90. The van der Waals surface area contributed by atoms with Crippen LogP contribution in [0.25, 0.3) is 0 Å². The molecule has 1 rings (SSSR count). The first-order chi connectivity index (χ1) is 8.88. The third kappa shape index (κ3) is 5.83. The highest BCUT2D eigenvalue weighted by molar-refractivity contribution is 5.93. The quantitative estimate of drug-likeness (QED) is 0.586. The Kier molecular flexibility index (Phi) is 5.96. The lowest BCUT2D eigenvalue weighted by atomic mass is 10.1. The summed E-state index contributed by atoms with van der Waals surface area (Å²) in [5.41, 5.74) is 7.21. The highest BCUT2D eigenvalue weighted by Crippen LogP contribution is 2.10. The molecule has 0 aliphatic heterocycles. The van der Waals surface area contributed by atoms with Gasteiger partial charge in [-0.15, -0.1) is 0 Å². The third-order valence-electron chi connectivity index (χ3n) is 2.75. The zero-order valence-corrected chi connectivity index (χ0v) is 12.5. The van der Waals surface area contributed by atoms with Crippen molar-refractivity contribution in [3.63, 3.8) is 0 Å². The Morgan fingerprint density at radius 2 is 1.84 bits per heavy atom. The maximum atomic E-state index is 7.44. The van der Waals surface area contributed by atoms with E-state index in [2.05, 4.69) is 37.6 Å². The molecule has 0 atom stereocenters. The average Bonchev–Trinajstić information content (AvgIpc) is 2.27. The molecular formula is C15H26N4. The molecule has 0 aromatic carbocycles. The van der Waals surface area contributed by atoms with E-state index in [4.69, 9.17) is 11.1 Å². The highest BCUT2D eigenvalue weighted by atomic mass is 15.1. The molecule has 1 aromatic heterocycles. The van der Waals surface area contributed by atoms with Crippen molar-refractivity contribution in [3.8, 4) is 0 Å². The number of nitrogens with two attached hydrogens (primary N) is 1. The molecule has 106 valence electrons. The number of nitrogen functional groups attached to an aromatic ring is 1. The number of nitrogens with one attached hydrogen (secondary N) is 1. The van der Waals surface area contributed by atoms with Gasteiger partial charge >= 0.3 is 0 Å². The SMILES string of the molecule is CC(C)CN(Cc1ccnc(C(=N)N)c1)CC(C)C. The number of hydrogen-bond acceptors (Lipinski definition) is 3. The molecule has 0 amide bonds. The minimum Gasteiger partial charge on any atom is -0.382 e. The summed E-state index contributed by atoms with van der Waals surface area (Å²) in [6, 6.07) is 3.91. The molecule has 0 radical (unpaired) electrons. The van der Waals surface area contributed by atoms with Crippen LogP contribution in [0.5, 0.6) is 0 Å². The second kappa shape index (κ2) is 7.24. The van der Waals surface area contributed by atoms with Crippen LogP contribution in [-0.4, -0.2) is 28.8 Å². The molecular weight excluding hydrogens is 236 g/mol. The topological polar surface area (TPSA) is 66.0 Å². The van der Waals surface area contributed by atoms with Crippen molar-refractivity contribution in [3.05, 3.63) is 29.6 Å². The molecule has 1 heterocycles. The number of aromatic nitrogens is 1. The lowest BCUT2D eigenvalue weighted by Gasteiger charge is -2.26. The van der Waals surface area contributed by atoms with Gasteiger partial charge in [-0.25, -0.2) is 0 Å². The van der Waals surface area contributed by atoms with Crippen molar-refractivity contribution in [2.75, 3.05) is 13.1 Å². The van der Waals surface area contributed by atoms with Gasteiger partial charge in [-0.1, -0.05) is 27.7 Å². The molecule has 1 aromatic rings. The van der Waals surface area contributed by atoms with Gasteiger partial charge < -0.3 is 5.73 Å². The number of nitrogens with zero attached hydrogens (tertiary/aromatic N) is 2. The van der Waals surface area contributed by atoms with Crippen LogP contribution in [0, 0.1) is 17.2 Å². The number of hydrogen-bond donors (Lipinski definition) is 2. The lowest BCUT2D eigenvalue weighted by Crippen LogP contribution is -2.31. The van der Waals surface area contributed by atoms with Gasteiger partial charge in [0.2, 0.25) is 0 Å². The molecule has 19 heavy (non-hydrogen) atoms. The summed E-state index contributed by atoms with van der Waals surface area (Å²) in [6.07, 6.45) is 1.73. The highest BCUT2D eigenvalue weighted by Gasteiger charge is 2.11. The molecule has 0 saturated carbocycles. The van der Waals surface area contributed by atoms with Crippen LogP contribution in [-0.2, 0) is 6.54 Å². The van der Waals surface area contributed by atoms with Crippen molar-refractivity contribution in [2.45, 2.75) is 34.2 Å². The number of pyridine rings is 1. The van der Waals surface area contributed by atoms with E-state index in [0.29, 0.717) is 17.5 Å². The standard InChI is InChI=1S/C15H26N4/c1-11(2)8-19(9-12(3)4)10-13-5-6-18-14(7-13)15(16)17/h5-7,11-12H,8-10H2,1-4H3,(H3,16,17). The van der Waals surface area contributed by atoms with E-state index in [-0.39, 0.29) is 5.84 Å². The Morgan fingerprint density at radius 1 is 1.26 bits per heavy atom. The summed E-state index contributed by atoms with van der Waals surface area (Å²) in [5, 5.41) is 7.44. The number of rotatable bonds is 7. The van der Waals surface area contributed by atoms with Crippen LogP contribution in [0.3, 0.4) is 0 Å². The summed E-state index contributed by atoms with van der Waals surface area (Å²) in [5.74, 6) is 1.32. The Labute approximate surface area is 116 Å². The summed E-state index contributed by atoms with van der Waals surface area (Å²) < 4.78 is 0. The van der Waals surface area contributed by atoms with Gasteiger partial charge in [0.1, 0.15) is 11.5 Å². The van der Waals surface area contributed by atoms with E-state index in [0.717, 1.165) is 19.6 Å². The van der Waals surface area contributed by atoms with Crippen molar-refractivity contribution < 1.29 is 0 Å². The van der Waals surface area contributed by atoms with Gasteiger partial charge in [0, 0.05) is 25.8 Å². The van der Waals surface area contributed by atoms with Gasteiger partial charge in [0.25, 0.3) is 0 Å². The molecule has 4 heteroatoms. The molecule has 0 aliphatic rings. The Hall–Kier alpha value is -1.42. The molecule has 0 spiro atoms. The van der Waals surface area contributed by atoms with Crippen LogP contribution < -0.4 is 5.73 Å². The summed E-state index contributed by atoms with van der Waals surface area (Å²) >= 11 is 0. The minimum absolute atomic E-state index is 0.0288. The third-order valence-corrected chi connectivity index (χ3v) is 2.75. The molecule has 0 bridgehead atoms. The lowest BCUT2D eigenvalue weighted by molar-refractivity contribution is 0.211. The van der Waals surface area contributed by atoms with E-state index in [1.807, 2.05) is 12.1 Å². The van der Waals surface area contributed by atoms with Gasteiger partial charge in [0.15, 0.2) is 0 Å². The van der Waals surface area contributed by atoms with Crippen LogP contribution in [0.2, 0.25) is 0 Å². The Bertz CT molecular complexity index is 402. The van der Waals surface area contributed by atoms with Crippen molar-refractivity contribution >= 4 is 5.84 Å². The summed E-state index contributed by atoms with van der Waals surface area (Å²) in [4.78, 5) is 6.55. The van der Waals surface area contributed by atoms with E-state index < -0.39 is 0 Å². The molecule has 4 nitrogen and oxygen atoms in total. The van der Waals surface area contributed by atoms with E-state index in [9.17, 15) is 0 Å². The van der Waals surface area contributed by atoms with Crippen LogP contribution in [0.4, 0.5) is 0 Å². The molecule has 0 unspecified atom stereocenters. The molecule has 0 saturated heterocycles. The zero-order chi connectivity index (χ0) is 14.4. The van der Waals surface area contributed by atoms with Crippen molar-refractivity contribution in [2.24, 2.45) is 17.6 Å². The second-order valence-electron chi connectivity index (χ2n) is 5.94. The summed E-state index contributed by atoms with van der Waals surface area (Å²) in [7, 11) is 0. The molecule has 3 N–H and O–H groups in total. The molecule has 0 fully saturated rings. The fourth-order valence-electron chi connectivity index (χ4n) is 2.21. The maximum absolute atomic E-state index is 7.44. The van der Waals surface area contributed by atoms with E-state index in [1.165, 1.54) is 5.56 Å². The first kappa shape index (κ1) is 15.6. The van der Waals surface area contributed by atoms with Crippen LogP contribution >= 0.6 is 0 Å². The average molecular weight is 262 g/mol. The predicted molar refractivity (Wildman–Crippen MR) is 80.2 cm³/mol. The predicted octanol–water partition coefficient (Wildman–Crippen LogP) is 2.48. The van der Waals surface area contributed by atoms with Crippen molar-refractivity contribution in [1.82, 2.24) is 9.88 Å². The van der Waals surface area contributed by atoms with Crippen LogP contribution in [0.1, 0.15) is 39.0 Å². The van der Waals surface area contributed by atoms with E-state index >= 15 is 0 Å².